The van der Waals surface area contributed by atoms with E-state index in [1.54, 1.807) is 32.1 Å². The summed E-state index contributed by atoms with van der Waals surface area (Å²) in [6.07, 6.45) is 4.30. The zero-order chi connectivity index (χ0) is 16.6. The number of esters is 1. The van der Waals surface area contributed by atoms with Crippen LogP contribution in [0.1, 0.15) is 44.1 Å². The highest BCUT2D eigenvalue weighted by atomic mass is 32.2. The molecule has 1 aliphatic carbocycles. The van der Waals surface area contributed by atoms with E-state index >= 15 is 0 Å². The number of thioether (sulfide) groups is 1. The number of hydrogen-bond acceptors (Lipinski definition) is 6. The van der Waals surface area contributed by atoms with Crippen molar-refractivity contribution < 1.29 is 9.53 Å². The molecule has 2 aromatic heterocycles. The van der Waals surface area contributed by atoms with Crippen LogP contribution in [0.5, 0.6) is 0 Å². The lowest BCUT2D eigenvalue weighted by molar-refractivity contribution is -0.145. The Bertz CT molecular complexity index is 807. The molecule has 0 bridgehead atoms. The maximum atomic E-state index is 12.5. The lowest BCUT2D eigenvalue weighted by Gasteiger charge is -2.20. The molecule has 0 radical (unpaired) electrons. The molecule has 23 heavy (non-hydrogen) atoms. The van der Waals surface area contributed by atoms with E-state index in [0.29, 0.717) is 11.8 Å². The van der Waals surface area contributed by atoms with Gasteiger partial charge in [0.1, 0.15) is 9.58 Å². The number of carbonyl (C=O) groups excluding carboxylic acids is 1. The fraction of sp³-hybridized carbons (Fsp3) is 0.562. The Hall–Kier alpha value is -1.34. The monoisotopic (exact) mass is 352 g/mol. The molecule has 0 aliphatic heterocycles. The van der Waals surface area contributed by atoms with Gasteiger partial charge in [0.15, 0.2) is 5.16 Å². The minimum Gasteiger partial charge on any atom is -0.465 e. The molecule has 0 saturated carbocycles. The molecular formula is C16H20N2O3S2. The van der Waals surface area contributed by atoms with Crippen LogP contribution < -0.4 is 5.56 Å². The third kappa shape index (κ3) is 3.17. The number of nitrogens with one attached hydrogen (secondary N) is 1. The number of rotatable bonds is 4. The van der Waals surface area contributed by atoms with Crippen molar-refractivity contribution in [1.29, 1.82) is 0 Å². The van der Waals surface area contributed by atoms with Crippen molar-refractivity contribution in [3.8, 4) is 0 Å². The predicted molar refractivity (Wildman–Crippen MR) is 93.5 cm³/mol. The molecule has 7 heteroatoms. The number of carbonyl (C=O) groups is 1. The molecule has 1 aliphatic rings. The Balaban J connectivity index is 1.97. The van der Waals surface area contributed by atoms with E-state index in [1.165, 1.54) is 28.6 Å². The number of fused-ring (bicyclic) bond motifs is 3. The average molecular weight is 352 g/mol. The van der Waals surface area contributed by atoms with Gasteiger partial charge in [0.05, 0.1) is 12.0 Å². The van der Waals surface area contributed by atoms with Gasteiger partial charge >= 0.3 is 5.97 Å². The quantitative estimate of drug-likeness (QED) is 0.519. The van der Waals surface area contributed by atoms with Crippen molar-refractivity contribution in [2.45, 2.75) is 56.4 Å². The van der Waals surface area contributed by atoms with Crippen LogP contribution in [0.2, 0.25) is 0 Å². The number of H-pyrrole nitrogens is 1. The van der Waals surface area contributed by atoms with Crippen molar-refractivity contribution >= 4 is 39.3 Å². The van der Waals surface area contributed by atoms with E-state index in [2.05, 4.69) is 9.97 Å². The van der Waals surface area contributed by atoms with Gasteiger partial charge in [0.25, 0.3) is 5.56 Å². The van der Waals surface area contributed by atoms with E-state index in [1.807, 2.05) is 0 Å². The minimum atomic E-state index is -0.795. The summed E-state index contributed by atoms with van der Waals surface area (Å²) in [4.78, 5) is 34.0. The van der Waals surface area contributed by atoms with E-state index in [-0.39, 0.29) is 11.5 Å². The smallest absolute Gasteiger partial charge is 0.322 e. The third-order valence-electron chi connectivity index (χ3n) is 3.92. The molecule has 5 nitrogen and oxygen atoms in total. The number of aryl methyl sites for hydroxylation is 2. The molecule has 0 atom stereocenters. The summed E-state index contributed by atoms with van der Waals surface area (Å²) in [5.74, 6) is -0.307. The molecule has 0 spiro atoms. The van der Waals surface area contributed by atoms with E-state index < -0.39 is 4.75 Å². The topological polar surface area (TPSA) is 72.0 Å². The molecule has 124 valence electrons. The Morgan fingerprint density at radius 2 is 2.13 bits per heavy atom. The van der Waals surface area contributed by atoms with Crippen LogP contribution in [0.25, 0.3) is 10.2 Å². The second-order valence-corrected chi connectivity index (χ2v) is 8.79. The summed E-state index contributed by atoms with van der Waals surface area (Å²) in [6, 6.07) is 0. The summed E-state index contributed by atoms with van der Waals surface area (Å²) in [7, 11) is 0. The van der Waals surface area contributed by atoms with Gasteiger partial charge in [-0.05, 0) is 52.0 Å². The van der Waals surface area contributed by atoms with Crippen molar-refractivity contribution in [3.05, 3.63) is 20.8 Å². The summed E-state index contributed by atoms with van der Waals surface area (Å²) < 4.78 is 4.29. The largest absolute Gasteiger partial charge is 0.465 e. The standard InChI is InChI=1S/C16H20N2O3S2/c1-4-21-14(20)16(2,3)23-15-17-12(19)11-9-7-5-6-8-10(9)22-13(11)18-15/h4-8H2,1-3H3,(H,17,18,19). The number of hydrogen-bond donors (Lipinski definition) is 1. The molecule has 0 aromatic carbocycles. The summed E-state index contributed by atoms with van der Waals surface area (Å²) in [5.41, 5.74) is 1.07. The fourth-order valence-electron chi connectivity index (χ4n) is 2.78. The molecule has 0 unspecified atom stereocenters. The third-order valence-corrected chi connectivity index (χ3v) is 6.17. The summed E-state index contributed by atoms with van der Waals surface area (Å²) in [5, 5.41) is 1.21. The van der Waals surface area contributed by atoms with Gasteiger partial charge in [-0.15, -0.1) is 11.3 Å². The molecule has 3 rings (SSSR count). The number of ether oxygens (including phenoxy) is 1. The Morgan fingerprint density at radius 3 is 2.87 bits per heavy atom. The molecule has 2 heterocycles. The first kappa shape index (κ1) is 16.5. The summed E-state index contributed by atoms with van der Waals surface area (Å²) in [6.45, 7) is 5.67. The van der Waals surface area contributed by atoms with Gasteiger partial charge in [0.2, 0.25) is 0 Å². The first-order valence-corrected chi connectivity index (χ1v) is 9.46. The molecular weight excluding hydrogens is 332 g/mol. The van der Waals surface area contributed by atoms with Crippen LogP contribution >= 0.6 is 23.1 Å². The first-order valence-electron chi connectivity index (χ1n) is 7.83. The maximum absolute atomic E-state index is 12.5. The number of thiophene rings is 1. The highest BCUT2D eigenvalue weighted by Gasteiger charge is 2.32. The number of aromatic nitrogens is 2. The maximum Gasteiger partial charge on any atom is 0.322 e. The number of aromatic amines is 1. The second-order valence-electron chi connectivity index (χ2n) is 6.09. The second kappa shape index (κ2) is 6.28. The van der Waals surface area contributed by atoms with Crippen molar-refractivity contribution in [3.63, 3.8) is 0 Å². The number of nitrogens with zero attached hydrogens (tertiary/aromatic N) is 1. The summed E-state index contributed by atoms with van der Waals surface area (Å²) >= 11 is 2.85. The lowest BCUT2D eigenvalue weighted by atomic mass is 9.97. The minimum absolute atomic E-state index is 0.100. The van der Waals surface area contributed by atoms with Crippen LogP contribution in [-0.2, 0) is 22.4 Å². The van der Waals surface area contributed by atoms with Crippen LogP contribution in [0.4, 0.5) is 0 Å². The Morgan fingerprint density at radius 1 is 1.39 bits per heavy atom. The molecule has 0 amide bonds. The van der Waals surface area contributed by atoms with Crippen molar-refractivity contribution in [2.24, 2.45) is 0 Å². The highest BCUT2D eigenvalue weighted by molar-refractivity contribution is 8.01. The molecule has 1 N–H and O–H groups in total. The Kier molecular flexibility index (Phi) is 4.51. The van der Waals surface area contributed by atoms with Gasteiger partial charge in [-0.1, -0.05) is 11.8 Å². The molecule has 0 saturated heterocycles. The predicted octanol–water partition coefficient (Wildman–Crippen LogP) is 3.30. The van der Waals surface area contributed by atoms with Gasteiger partial charge < -0.3 is 9.72 Å². The highest BCUT2D eigenvalue weighted by Crippen LogP contribution is 2.36. The molecule has 2 aromatic rings. The molecule has 0 fully saturated rings. The normalized spacial score (nSPS) is 14.7. The SMILES string of the molecule is CCOC(=O)C(C)(C)Sc1nc2sc3c(c2c(=O)[nH]1)CCCC3. The van der Waals surface area contributed by atoms with Crippen LogP contribution in [0, 0.1) is 0 Å². The van der Waals surface area contributed by atoms with Gasteiger partial charge in [-0.2, -0.15) is 0 Å². The fourth-order valence-corrected chi connectivity index (χ4v) is 5.01. The van der Waals surface area contributed by atoms with Crippen molar-refractivity contribution in [1.82, 2.24) is 9.97 Å². The average Bonchev–Trinajstić information content (AvgIpc) is 2.85. The Labute approximate surface area is 142 Å². The van der Waals surface area contributed by atoms with E-state index in [0.717, 1.165) is 29.5 Å². The van der Waals surface area contributed by atoms with Crippen LogP contribution in [0.3, 0.4) is 0 Å². The zero-order valence-electron chi connectivity index (χ0n) is 13.5. The zero-order valence-corrected chi connectivity index (χ0v) is 15.2. The van der Waals surface area contributed by atoms with Crippen LogP contribution in [0.15, 0.2) is 9.95 Å². The van der Waals surface area contributed by atoms with Gasteiger partial charge in [-0.3, -0.25) is 9.59 Å². The van der Waals surface area contributed by atoms with Crippen molar-refractivity contribution in [2.75, 3.05) is 6.61 Å². The van der Waals surface area contributed by atoms with Gasteiger partial charge in [-0.25, -0.2) is 4.98 Å². The first-order chi connectivity index (χ1) is 10.9. The van der Waals surface area contributed by atoms with Crippen LogP contribution in [-0.4, -0.2) is 27.3 Å². The van der Waals surface area contributed by atoms with E-state index in [9.17, 15) is 9.59 Å². The lowest BCUT2D eigenvalue weighted by Crippen LogP contribution is -2.30. The van der Waals surface area contributed by atoms with Gasteiger partial charge in [0, 0.05) is 4.88 Å². The van der Waals surface area contributed by atoms with E-state index in [4.69, 9.17) is 4.74 Å².